The molecule has 0 aliphatic carbocycles. The van der Waals surface area contributed by atoms with Gasteiger partial charge in [0.05, 0.1) is 10.7 Å². The van der Waals surface area contributed by atoms with E-state index in [1.54, 1.807) is 0 Å². The zero-order chi connectivity index (χ0) is 13.1. The Bertz CT molecular complexity index is 534. The van der Waals surface area contributed by atoms with Gasteiger partial charge in [-0.15, -0.1) is 0 Å². The average molecular weight is 298 g/mol. The molecule has 0 N–H and O–H groups in total. The zero-order valence-electron chi connectivity index (χ0n) is 8.66. The number of nitrogens with zero attached hydrogens (tertiary/aromatic N) is 3. The van der Waals surface area contributed by atoms with E-state index in [0.29, 0.717) is 0 Å². The van der Waals surface area contributed by atoms with Gasteiger partial charge in [-0.3, -0.25) is 10.1 Å². The largest absolute Gasteiger partial charge is 0.319 e. The second-order valence-corrected chi connectivity index (χ2v) is 6.75. The molecule has 0 amide bonds. The van der Waals surface area contributed by atoms with Crippen LogP contribution < -0.4 is 0 Å². The van der Waals surface area contributed by atoms with Crippen molar-refractivity contribution in [3.05, 3.63) is 21.6 Å². The molecule has 0 saturated heterocycles. The summed E-state index contributed by atoms with van der Waals surface area (Å²) in [6.07, 6.45) is 2.09. The van der Waals surface area contributed by atoms with Gasteiger partial charge in [0.1, 0.15) is 16.0 Å². The maximum Gasteiger partial charge on any atom is 0.319 e. The molecule has 0 spiro atoms. The van der Waals surface area contributed by atoms with Crippen LogP contribution in [0.5, 0.6) is 0 Å². The molecule has 10 heteroatoms. The van der Waals surface area contributed by atoms with Crippen molar-refractivity contribution in [3.63, 3.8) is 0 Å². The van der Waals surface area contributed by atoms with E-state index < -0.39 is 14.8 Å². The summed E-state index contributed by atoms with van der Waals surface area (Å²) < 4.78 is 21.8. The number of nitro groups is 1. The quantitative estimate of drug-likeness (QED) is 0.264. The first-order chi connectivity index (χ1) is 7.79. The zero-order valence-corrected chi connectivity index (χ0v) is 11.0. The van der Waals surface area contributed by atoms with E-state index >= 15 is 0 Å². The maximum atomic E-state index is 10.9. The van der Waals surface area contributed by atoms with Crippen LogP contribution in [0.2, 0.25) is 5.28 Å². The molecular weight excluding hydrogens is 290 g/mol. The summed E-state index contributed by atoms with van der Waals surface area (Å²) in [6, 6.07) is 0. The molecule has 1 heterocycles. The van der Waals surface area contributed by atoms with Crippen LogP contribution in [-0.4, -0.2) is 41.1 Å². The fourth-order valence-electron chi connectivity index (χ4n) is 0.861. The Labute approximate surface area is 107 Å². The summed E-state index contributed by atoms with van der Waals surface area (Å²) in [6.45, 7) is 0. The van der Waals surface area contributed by atoms with E-state index in [1.807, 2.05) is 0 Å². The molecule has 1 rings (SSSR count). The minimum Gasteiger partial charge on any atom is -0.258 e. The molecule has 1 aromatic heterocycles. The lowest BCUT2D eigenvalue weighted by Crippen LogP contribution is -2.05. The van der Waals surface area contributed by atoms with Crippen LogP contribution in [0, 0.1) is 10.1 Å². The van der Waals surface area contributed by atoms with Crippen LogP contribution in [-0.2, 0) is 9.84 Å². The smallest absolute Gasteiger partial charge is 0.258 e. The number of rotatable bonds is 5. The Morgan fingerprint density at radius 1 is 1.59 bits per heavy atom. The highest BCUT2D eigenvalue weighted by Gasteiger charge is 2.17. The fraction of sp³-hybridized carbons (Fsp3) is 0.429. The second kappa shape index (κ2) is 5.61. The number of aromatic nitrogens is 2. The standard InChI is InChI=1S/C7H8ClN3O4S2/c1-17(14,15)3-2-16-6-5(11(12)13)4-9-7(8)10-6/h4H,2-3H2,1H3. The summed E-state index contributed by atoms with van der Waals surface area (Å²) >= 11 is 6.47. The molecule has 7 nitrogen and oxygen atoms in total. The van der Waals surface area contributed by atoms with Crippen LogP contribution in [0.4, 0.5) is 5.69 Å². The molecule has 1 aromatic rings. The van der Waals surface area contributed by atoms with Crippen molar-refractivity contribution in [1.82, 2.24) is 9.97 Å². The van der Waals surface area contributed by atoms with Gasteiger partial charge in [0.25, 0.3) is 0 Å². The van der Waals surface area contributed by atoms with Crippen molar-refractivity contribution in [2.45, 2.75) is 5.03 Å². The third-order valence-corrected chi connectivity index (χ3v) is 3.96. The highest BCUT2D eigenvalue weighted by Crippen LogP contribution is 2.27. The van der Waals surface area contributed by atoms with E-state index in [0.717, 1.165) is 24.2 Å². The molecular formula is C7H8ClN3O4S2. The molecule has 0 radical (unpaired) electrons. The van der Waals surface area contributed by atoms with Crippen molar-refractivity contribution >= 4 is 38.9 Å². The van der Waals surface area contributed by atoms with Gasteiger partial charge in [-0.1, -0.05) is 11.8 Å². The Hall–Kier alpha value is -0.930. The lowest BCUT2D eigenvalue weighted by Gasteiger charge is -2.01. The first kappa shape index (κ1) is 14.1. The minimum absolute atomic E-state index is 0.0682. The van der Waals surface area contributed by atoms with Gasteiger partial charge >= 0.3 is 5.69 Å². The summed E-state index contributed by atoms with van der Waals surface area (Å²) in [4.78, 5) is 17.2. The highest BCUT2D eigenvalue weighted by atomic mass is 35.5. The Morgan fingerprint density at radius 2 is 2.24 bits per heavy atom. The molecule has 94 valence electrons. The van der Waals surface area contributed by atoms with Crippen LogP contribution in [0.1, 0.15) is 0 Å². The van der Waals surface area contributed by atoms with Crippen molar-refractivity contribution < 1.29 is 13.3 Å². The number of halogens is 1. The third-order valence-electron chi connectivity index (χ3n) is 1.60. The molecule has 0 aliphatic heterocycles. The average Bonchev–Trinajstić information content (AvgIpc) is 2.15. The molecule has 0 unspecified atom stereocenters. The van der Waals surface area contributed by atoms with Gasteiger partial charge in [0.15, 0.2) is 5.03 Å². The molecule has 0 bridgehead atoms. The molecule has 0 aliphatic rings. The van der Waals surface area contributed by atoms with Gasteiger partial charge in [-0.25, -0.2) is 18.4 Å². The van der Waals surface area contributed by atoms with E-state index in [4.69, 9.17) is 11.6 Å². The topological polar surface area (TPSA) is 103 Å². The summed E-state index contributed by atoms with van der Waals surface area (Å²) in [5, 5.41) is 10.6. The van der Waals surface area contributed by atoms with Crippen LogP contribution in [0.3, 0.4) is 0 Å². The SMILES string of the molecule is CS(=O)(=O)CCSc1nc(Cl)ncc1[N+](=O)[O-]. The van der Waals surface area contributed by atoms with Gasteiger partial charge in [-0.2, -0.15) is 0 Å². The Morgan fingerprint density at radius 3 is 2.76 bits per heavy atom. The molecule has 0 aromatic carbocycles. The predicted octanol–water partition coefficient (Wildman–Crippen LogP) is 1.17. The fourth-order valence-corrected chi connectivity index (χ4v) is 3.21. The first-order valence-electron chi connectivity index (χ1n) is 4.27. The lowest BCUT2D eigenvalue weighted by molar-refractivity contribution is -0.388. The van der Waals surface area contributed by atoms with Gasteiger partial charge in [-0.05, 0) is 11.6 Å². The summed E-state index contributed by atoms with van der Waals surface area (Å²) in [7, 11) is -3.10. The molecule has 0 fully saturated rings. The van der Waals surface area contributed by atoms with Gasteiger partial charge in [0, 0.05) is 12.0 Å². The van der Waals surface area contributed by atoms with Gasteiger partial charge in [0.2, 0.25) is 5.28 Å². The normalized spacial score (nSPS) is 11.4. The van der Waals surface area contributed by atoms with E-state index in [1.165, 1.54) is 0 Å². The summed E-state index contributed by atoms with van der Waals surface area (Å²) in [5.41, 5.74) is -0.284. The van der Waals surface area contributed by atoms with Crippen molar-refractivity contribution in [1.29, 1.82) is 0 Å². The van der Waals surface area contributed by atoms with Crippen molar-refractivity contribution in [2.24, 2.45) is 0 Å². The van der Waals surface area contributed by atoms with Crippen LogP contribution in [0.25, 0.3) is 0 Å². The summed E-state index contributed by atoms with van der Waals surface area (Å²) in [5.74, 6) is 0.0868. The Kier molecular flexibility index (Phi) is 4.66. The molecule has 0 saturated carbocycles. The third kappa shape index (κ3) is 4.84. The highest BCUT2D eigenvalue weighted by molar-refractivity contribution is 8.00. The first-order valence-corrected chi connectivity index (χ1v) is 7.69. The number of thioether (sulfide) groups is 1. The Balaban J connectivity index is 2.82. The minimum atomic E-state index is -3.10. The lowest BCUT2D eigenvalue weighted by atomic mass is 10.6. The number of sulfone groups is 1. The van der Waals surface area contributed by atoms with E-state index in [-0.39, 0.29) is 27.5 Å². The number of hydrogen-bond donors (Lipinski definition) is 0. The van der Waals surface area contributed by atoms with E-state index in [9.17, 15) is 18.5 Å². The predicted molar refractivity (Wildman–Crippen MR) is 64.1 cm³/mol. The van der Waals surface area contributed by atoms with E-state index in [2.05, 4.69) is 9.97 Å². The number of hydrogen-bond acceptors (Lipinski definition) is 7. The molecule has 0 atom stereocenters. The van der Waals surface area contributed by atoms with Crippen LogP contribution >= 0.6 is 23.4 Å². The second-order valence-electron chi connectivity index (χ2n) is 3.06. The monoisotopic (exact) mass is 297 g/mol. The molecule has 17 heavy (non-hydrogen) atoms. The van der Waals surface area contributed by atoms with Crippen LogP contribution in [0.15, 0.2) is 11.2 Å². The van der Waals surface area contributed by atoms with Crippen molar-refractivity contribution in [2.75, 3.05) is 17.8 Å². The maximum absolute atomic E-state index is 10.9. The van der Waals surface area contributed by atoms with Gasteiger partial charge < -0.3 is 0 Å². The van der Waals surface area contributed by atoms with Crippen molar-refractivity contribution in [3.8, 4) is 0 Å².